The Balaban J connectivity index is 2.78. The van der Waals surface area contributed by atoms with Gasteiger partial charge in [-0.05, 0) is 6.07 Å². The molecule has 0 saturated carbocycles. The summed E-state index contributed by atoms with van der Waals surface area (Å²) in [6.07, 6.45) is 1.73. The van der Waals surface area contributed by atoms with Crippen molar-refractivity contribution in [3.63, 3.8) is 0 Å². The average molecular weight is 184 g/mol. The van der Waals surface area contributed by atoms with Gasteiger partial charge in [0.2, 0.25) is 0 Å². The fraction of sp³-hybridized carbons (Fsp3) is 0.125. The lowest BCUT2D eigenvalue weighted by Crippen LogP contribution is -2.01. The lowest BCUT2D eigenvalue weighted by Gasteiger charge is -2.03. The maximum Gasteiger partial charge on any atom is 0.133 e. The van der Waals surface area contributed by atoms with E-state index in [-0.39, 0.29) is 0 Å². The molecule has 0 saturated heterocycles. The van der Waals surface area contributed by atoms with Crippen LogP contribution in [0.2, 0.25) is 5.15 Å². The summed E-state index contributed by atoms with van der Waals surface area (Å²) >= 11 is 5.67. The van der Waals surface area contributed by atoms with E-state index in [1.807, 2.05) is 0 Å². The van der Waals surface area contributed by atoms with Crippen molar-refractivity contribution >= 4 is 23.1 Å². The van der Waals surface area contributed by atoms with Crippen LogP contribution < -0.4 is 11.1 Å². The summed E-state index contributed by atoms with van der Waals surface area (Å²) in [6.45, 7) is 4.21. The van der Waals surface area contributed by atoms with Crippen molar-refractivity contribution in [1.82, 2.24) is 4.98 Å². The highest BCUT2D eigenvalue weighted by atomic mass is 35.5. The summed E-state index contributed by atoms with van der Waals surface area (Å²) in [5.41, 5.74) is 6.14. The van der Waals surface area contributed by atoms with Crippen molar-refractivity contribution in [2.75, 3.05) is 17.6 Å². The van der Waals surface area contributed by atoms with Gasteiger partial charge in [0.05, 0.1) is 0 Å². The molecular weight excluding hydrogens is 174 g/mol. The first kappa shape index (κ1) is 8.87. The molecule has 0 aliphatic rings. The van der Waals surface area contributed by atoms with E-state index in [1.165, 1.54) is 0 Å². The van der Waals surface area contributed by atoms with E-state index in [9.17, 15) is 0 Å². The van der Waals surface area contributed by atoms with Crippen LogP contribution in [-0.2, 0) is 0 Å². The van der Waals surface area contributed by atoms with Crippen molar-refractivity contribution in [1.29, 1.82) is 0 Å². The molecule has 0 bridgehead atoms. The Hall–Kier alpha value is -1.22. The first-order chi connectivity index (χ1) is 5.72. The molecule has 4 heteroatoms. The van der Waals surface area contributed by atoms with Gasteiger partial charge in [0.15, 0.2) is 0 Å². The number of nitrogens with one attached hydrogen (secondary N) is 1. The first-order valence-corrected chi connectivity index (χ1v) is 3.88. The van der Waals surface area contributed by atoms with Crippen molar-refractivity contribution in [2.45, 2.75) is 0 Å². The Kier molecular flexibility index (Phi) is 2.94. The van der Waals surface area contributed by atoms with Gasteiger partial charge in [-0.25, -0.2) is 4.98 Å². The van der Waals surface area contributed by atoms with E-state index in [0.717, 1.165) is 0 Å². The number of anilines is 2. The second-order valence-electron chi connectivity index (χ2n) is 2.28. The molecule has 3 nitrogen and oxygen atoms in total. The van der Waals surface area contributed by atoms with Gasteiger partial charge in [-0.2, -0.15) is 0 Å². The van der Waals surface area contributed by atoms with Crippen LogP contribution in [0.3, 0.4) is 0 Å². The number of nitrogens with two attached hydrogens (primary N) is 1. The third kappa shape index (κ3) is 2.43. The molecule has 12 heavy (non-hydrogen) atoms. The molecule has 1 heterocycles. The molecule has 0 aliphatic heterocycles. The van der Waals surface area contributed by atoms with Crippen LogP contribution >= 0.6 is 11.6 Å². The normalized spacial score (nSPS) is 9.42. The molecular formula is C8H10ClN3. The lowest BCUT2D eigenvalue weighted by atomic mass is 10.4. The molecule has 1 aromatic heterocycles. The average Bonchev–Trinajstić information content (AvgIpc) is 1.99. The second-order valence-corrected chi connectivity index (χ2v) is 2.67. The number of hydrogen-bond donors (Lipinski definition) is 2. The summed E-state index contributed by atoms with van der Waals surface area (Å²) < 4.78 is 0. The molecule has 1 aromatic rings. The van der Waals surface area contributed by atoms with Crippen LogP contribution in [0.4, 0.5) is 11.5 Å². The standard InChI is InChI=1S/C8H10ClN3/c1-2-3-11-8-5-6(10)4-7(9)12-8/h2,4-5H,1,3H2,(H3,10,11,12). The molecule has 0 atom stereocenters. The molecule has 0 radical (unpaired) electrons. The molecule has 0 aromatic carbocycles. The topological polar surface area (TPSA) is 50.9 Å². The predicted molar refractivity (Wildman–Crippen MR) is 52.3 cm³/mol. The summed E-state index contributed by atoms with van der Waals surface area (Å²) in [6, 6.07) is 3.32. The Morgan fingerprint density at radius 2 is 2.42 bits per heavy atom. The lowest BCUT2D eigenvalue weighted by molar-refractivity contribution is 1.23. The Labute approximate surface area is 76.2 Å². The van der Waals surface area contributed by atoms with Crippen LogP contribution in [0.5, 0.6) is 0 Å². The monoisotopic (exact) mass is 183 g/mol. The third-order valence-corrected chi connectivity index (χ3v) is 1.44. The van der Waals surface area contributed by atoms with Gasteiger partial charge in [-0.15, -0.1) is 6.58 Å². The van der Waals surface area contributed by atoms with Crippen molar-refractivity contribution in [3.8, 4) is 0 Å². The first-order valence-electron chi connectivity index (χ1n) is 3.50. The fourth-order valence-electron chi connectivity index (χ4n) is 0.784. The molecule has 0 amide bonds. The van der Waals surface area contributed by atoms with Gasteiger partial charge in [0, 0.05) is 18.3 Å². The SMILES string of the molecule is C=CCNc1cc(N)cc(Cl)n1. The molecule has 0 aliphatic carbocycles. The van der Waals surface area contributed by atoms with E-state index in [1.54, 1.807) is 18.2 Å². The second kappa shape index (κ2) is 3.97. The highest BCUT2D eigenvalue weighted by Crippen LogP contribution is 2.15. The van der Waals surface area contributed by atoms with E-state index in [0.29, 0.717) is 23.2 Å². The van der Waals surface area contributed by atoms with Crippen LogP contribution in [0.25, 0.3) is 0 Å². The molecule has 0 unspecified atom stereocenters. The number of hydrogen-bond acceptors (Lipinski definition) is 3. The third-order valence-electron chi connectivity index (χ3n) is 1.24. The zero-order valence-corrected chi connectivity index (χ0v) is 7.30. The summed E-state index contributed by atoms with van der Waals surface area (Å²) in [5, 5.41) is 3.37. The Morgan fingerprint density at radius 1 is 1.67 bits per heavy atom. The Morgan fingerprint density at radius 3 is 3.00 bits per heavy atom. The highest BCUT2D eigenvalue weighted by Gasteiger charge is 1.96. The smallest absolute Gasteiger partial charge is 0.133 e. The van der Waals surface area contributed by atoms with Crippen LogP contribution in [0.1, 0.15) is 0 Å². The largest absolute Gasteiger partial charge is 0.399 e. The van der Waals surface area contributed by atoms with Crippen molar-refractivity contribution < 1.29 is 0 Å². The zero-order valence-electron chi connectivity index (χ0n) is 6.55. The van der Waals surface area contributed by atoms with E-state index >= 15 is 0 Å². The molecule has 64 valence electrons. The van der Waals surface area contributed by atoms with Crippen LogP contribution in [0.15, 0.2) is 24.8 Å². The number of aromatic nitrogens is 1. The minimum atomic E-state index is 0.390. The maximum atomic E-state index is 5.67. The molecule has 0 fully saturated rings. The molecule has 1 rings (SSSR count). The van der Waals surface area contributed by atoms with E-state index in [2.05, 4.69) is 16.9 Å². The van der Waals surface area contributed by atoms with Crippen molar-refractivity contribution in [2.24, 2.45) is 0 Å². The van der Waals surface area contributed by atoms with Gasteiger partial charge in [0.25, 0.3) is 0 Å². The fourth-order valence-corrected chi connectivity index (χ4v) is 1.00. The number of nitrogens with zero attached hydrogens (tertiary/aromatic N) is 1. The van der Waals surface area contributed by atoms with E-state index in [4.69, 9.17) is 17.3 Å². The number of nitrogen functional groups attached to an aromatic ring is 1. The molecule has 0 spiro atoms. The Bertz CT molecular complexity index is 265. The highest BCUT2D eigenvalue weighted by molar-refractivity contribution is 6.29. The number of rotatable bonds is 3. The van der Waals surface area contributed by atoms with Gasteiger partial charge in [-0.1, -0.05) is 17.7 Å². The minimum Gasteiger partial charge on any atom is -0.399 e. The van der Waals surface area contributed by atoms with Crippen LogP contribution in [0, 0.1) is 0 Å². The van der Waals surface area contributed by atoms with E-state index < -0.39 is 0 Å². The quantitative estimate of drug-likeness (QED) is 0.556. The van der Waals surface area contributed by atoms with Crippen LogP contribution in [-0.4, -0.2) is 11.5 Å². The number of pyridine rings is 1. The van der Waals surface area contributed by atoms with Gasteiger partial charge < -0.3 is 11.1 Å². The maximum absolute atomic E-state index is 5.67. The zero-order chi connectivity index (χ0) is 8.97. The summed E-state index contributed by atoms with van der Waals surface area (Å²) in [7, 11) is 0. The van der Waals surface area contributed by atoms with Gasteiger partial charge in [-0.3, -0.25) is 0 Å². The summed E-state index contributed by atoms with van der Waals surface area (Å²) in [4.78, 5) is 4.00. The predicted octanol–water partition coefficient (Wildman–Crippen LogP) is 1.92. The van der Waals surface area contributed by atoms with Gasteiger partial charge in [0.1, 0.15) is 11.0 Å². The molecule has 3 N–H and O–H groups in total. The van der Waals surface area contributed by atoms with Gasteiger partial charge >= 0.3 is 0 Å². The number of halogens is 1. The summed E-state index contributed by atoms with van der Waals surface area (Å²) in [5.74, 6) is 0.667. The van der Waals surface area contributed by atoms with Crippen molar-refractivity contribution in [3.05, 3.63) is 29.9 Å². The minimum absolute atomic E-state index is 0.390.